The zero-order valence-electron chi connectivity index (χ0n) is 24.7. The van der Waals surface area contributed by atoms with Crippen LogP contribution < -0.4 is 15.0 Å². The highest BCUT2D eigenvalue weighted by molar-refractivity contribution is 6.32. The fourth-order valence-corrected chi connectivity index (χ4v) is 6.26. The molecule has 8 nitrogen and oxygen atoms in total. The van der Waals surface area contributed by atoms with E-state index in [4.69, 9.17) is 9.47 Å². The van der Waals surface area contributed by atoms with Gasteiger partial charge in [0.05, 0.1) is 23.8 Å². The van der Waals surface area contributed by atoms with Crippen LogP contribution in [0.15, 0.2) is 54.1 Å². The molecular formula is C34H38N3O5+. The summed E-state index contributed by atoms with van der Waals surface area (Å²) in [4.78, 5) is 45.8. The van der Waals surface area contributed by atoms with Crippen molar-refractivity contribution in [3.63, 3.8) is 0 Å². The van der Waals surface area contributed by atoms with Crippen molar-refractivity contribution in [1.82, 2.24) is 4.90 Å². The van der Waals surface area contributed by atoms with Crippen LogP contribution >= 0.6 is 0 Å². The highest BCUT2D eigenvalue weighted by atomic mass is 16.5. The number of nitrogens with one attached hydrogen (secondary N) is 2. The normalized spacial score (nSPS) is 21.2. The fourth-order valence-electron chi connectivity index (χ4n) is 6.26. The summed E-state index contributed by atoms with van der Waals surface area (Å²) in [5.74, 6) is -0.107. The lowest BCUT2D eigenvalue weighted by molar-refractivity contribution is -0.362. The summed E-state index contributed by atoms with van der Waals surface area (Å²) < 4.78 is 11.8. The van der Waals surface area contributed by atoms with Crippen molar-refractivity contribution in [3.8, 4) is 5.75 Å². The Kier molecular flexibility index (Phi) is 7.35. The molecule has 2 aromatic carbocycles. The van der Waals surface area contributed by atoms with Crippen LogP contribution in [-0.2, 0) is 9.53 Å². The minimum Gasteiger partial charge on any atom is -0.468 e. The van der Waals surface area contributed by atoms with Crippen molar-refractivity contribution in [1.29, 1.82) is 0 Å². The van der Waals surface area contributed by atoms with Gasteiger partial charge in [0.15, 0.2) is 11.5 Å². The van der Waals surface area contributed by atoms with Crippen molar-refractivity contribution in [2.24, 2.45) is 11.3 Å². The number of anilines is 1. The summed E-state index contributed by atoms with van der Waals surface area (Å²) >= 11 is 0. The lowest BCUT2D eigenvalue weighted by atomic mass is 9.81. The Morgan fingerprint density at radius 3 is 2.57 bits per heavy atom. The molecule has 1 unspecified atom stereocenters. The van der Waals surface area contributed by atoms with Gasteiger partial charge in [0.2, 0.25) is 17.6 Å². The number of fused-ring (bicyclic) bond motifs is 5. The molecule has 2 aliphatic heterocycles. The van der Waals surface area contributed by atoms with E-state index in [1.54, 1.807) is 24.3 Å². The summed E-state index contributed by atoms with van der Waals surface area (Å²) in [6, 6.07) is 8.83. The smallest absolute Gasteiger partial charge is 0.310 e. The van der Waals surface area contributed by atoms with Gasteiger partial charge < -0.3 is 19.7 Å². The second-order valence-corrected chi connectivity index (χ2v) is 12.4. The van der Waals surface area contributed by atoms with Gasteiger partial charge in [-0.25, -0.2) is 4.99 Å². The van der Waals surface area contributed by atoms with E-state index in [0.717, 1.165) is 25.1 Å². The van der Waals surface area contributed by atoms with Gasteiger partial charge in [0, 0.05) is 42.9 Å². The first-order chi connectivity index (χ1) is 20.2. The number of hydrogen-bond donors (Lipinski definition) is 2. The van der Waals surface area contributed by atoms with Crippen molar-refractivity contribution < 1.29 is 28.8 Å². The SMILES string of the molecule is CCOC(=O)[C@H]1CCCN(CCNc2cc3c(c4c2C(=O)c2ccccc2C4=O)[NH+]=C2C=CC(C(C)(C)C)=CC2O3)C1. The molecule has 6 rings (SSSR count). The molecule has 1 saturated heterocycles. The highest BCUT2D eigenvalue weighted by Gasteiger charge is 2.41. The lowest BCUT2D eigenvalue weighted by Crippen LogP contribution is -2.72. The Morgan fingerprint density at radius 1 is 1.12 bits per heavy atom. The molecule has 42 heavy (non-hydrogen) atoms. The first-order valence-corrected chi connectivity index (χ1v) is 14.9. The van der Waals surface area contributed by atoms with Gasteiger partial charge >= 0.3 is 5.97 Å². The van der Waals surface area contributed by atoms with Crippen LogP contribution in [-0.4, -0.2) is 67.0 Å². The predicted octanol–water partition coefficient (Wildman–Crippen LogP) is 3.61. The number of allylic oxidation sites excluding steroid dienone is 2. The number of likely N-dealkylation sites (tertiary alicyclic amines) is 1. The molecule has 2 atom stereocenters. The van der Waals surface area contributed by atoms with E-state index in [-0.39, 0.29) is 35.0 Å². The molecule has 1 fully saturated rings. The Labute approximate surface area is 246 Å². The summed E-state index contributed by atoms with van der Waals surface area (Å²) in [5, 5.41) is 3.45. The van der Waals surface area contributed by atoms with Crippen molar-refractivity contribution in [2.75, 3.05) is 38.1 Å². The van der Waals surface area contributed by atoms with Crippen LogP contribution in [0.2, 0.25) is 0 Å². The second-order valence-electron chi connectivity index (χ2n) is 12.4. The van der Waals surface area contributed by atoms with Crippen molar-refractivity contribution in [3.05, 3.63) is 76.4 Å². The van der Waals surface area contributed by atoms with E-state index in [9.17, 15) is 14.4 Å². The molecule has 0 saturated carbocycles. The number of nitrogens with zero attached hydrogens (tertiary/aromatic N) is 1. The summed E-state index contributed by atoms with van der Waals surface area (Å²) in [7, 11) is 0. The van der Waals surface area contributed by atoms with Crippen LogP contribution in [0.5, 0.6) is 5.75 Å². The van der Waals surface area contributed by atoms with Gasteiger partial charge in [-0.3, -0.25) is 14.4 Å². The van der Waals surface area contributed by atoms with E-state index < -0.39 is 0 Å². The van der Waals surface area contributed by atoms with Crippen LogP contribution in [0.4, 0.5) is 11.4 Å². The molecule has 0 spiro atoms. The predicted molar refractivity (Wildman–Crippen MR) is 161 cm³/mol. The molecule has 0 bridgehead atoms. The molecule has 0 aromatic heterocycles. The van der Waals surface area contributed by atoms with Gasteiger partial charge in [-0.2, -0.15) is 0 Å². The summed E-state index contributed by atoms with van der Waals surface area (Å²) in [6.07, 6.45) is 7.62. The van der Waals surface area contributed by atoms with E-state index >= 15 is 0 Å². The average Bonchev–Trinajstić information content (AvgIpc) is 2.98. The number of rotatable bonds is 6. The number of piperidine rings is 1. The van der Waals surface area contributed by atoms with Crippen LogP contribution in [0.1, 0.15) is 72.4 Å². The Balaban J connectivity index is 1.33. The maximum Gasteiger partial charge on any atom is 0.310 e. The third-order valence-electron chi connectivity index (χ3n) is 8.50. The van der Waals surface area contributed by atoms with Gasteiger partial charge in [0.25, 0.3) is 5.69 Å². The number of carbonyl (C=O) groups is 3. The third-order valence-corrected chi connectivity index (χ3v) is 8.50. The number of ether oxygens (including phenoxy) is 2. The number of benzene rings is 2. The molecule has 2 N–H and O–H groups in total. The quantitative estimate of drug-likeness (QED) is 0.439. The standard InChI is InChI=1S/C34H37N3O5/c1-5-41-33(40)20-9-8-15-37(19-20)16-14-35-25-18-27-30(36-24-13-12-21(34(2,3)4)17-26(24)42-27)29-28(25)31(38)22-10-6-7-11-23(22)32(29)39/h6-7,10-13,17-18,20,26,35H,5,8-9,14-16,19H2,1-4H3/p+1/t20-,26?/m0/s1. The minimum atomic E-state index is -0.322. The van der Waals surface area contributed by atoms with Gasteiger partial charge in [-0.1, -0.05) is 51.1 Å². The number of hydrogen-bond acceptors (Lipinski definition) is 7. The Morgan fingerprint density at radius 2 is 1.86 bits per heavy atom. The summed E-state index contributed by atoms with van der Waals surface area (Å²) in [6.45, 7) is 11.5. The molecule has 8 heteroatoms. The largest absolute Gasteiger partial charge is 0.468 e. The zero-order valence-corrected chi connectivity index (χ0v) is 24.7. The van der Waals surface area contributed by atoms with E-state index in [2.05, 4.69) is 48.1 Å². The molecule has 2 aliphatic carbocycles. The maximum atomic E-state index is 13.9. The third kappa shape index (κ3) is 5.09. The van der Waals surface area contributed by atoms with Crippen LogP contribution in [0.3, 0.4) is 0 Å². The first-order valence-electron chi connectivity index (χ1n) is 14.9. The van der Waals surface area contributed by atoms with E-state index in [1.165, 1.54) is 5.57 Å². The summed E-state index contributed by atoms with van der Waals surface area (Å²) in [5.41, 5.74) is 4.57. The number of carbonyl (C=O) groups excluding carboxylic acids is 3. The number of esters is 1. The molecule has 218 valence electrons. The Bertz CT molecular complexity index is 1560. The average molecular weight is 569 g/mol. The minimum absolute atomic E-state index is 0.0406. The highest BCUT2D eigenvalue weighted by Crippen LogP contribution is 2.42. The van der Waals surface area contributed by atoms with Gasteiger partial charge in [-0.15, -0.1) is 0 Å². The maximum absolute atomic E-state index is 13.9. The first kappa shape index (κ1) is 28.1. The lowest BCUT2D eigenvalue weighted by Gasteiger charge is -2.32. The molecule has 0 radical (unpaired) electrons. The van der Waals surface area contributed by atoms with Crippen molar-refractivity contribution in [2.45, 2.75) is 46.6 Å². The topological polar surface area (TPSA) is 98.9 Å². The van der Waals surface area contributed by atoms with Crippen LogP contribution in [0.25, 0.3) is 0 Å². The zero-order chi connectivity index (χ0) is 29.6. The van der Waals surface area contributed by atoms with Crippen LogP contribution in [0, 0.1) is 11.3 Å². The van der Waals surface area contributed by atoms with E-state index in [1.807, 2.05) is 19.1 Å². The van der Waals surface area contributed by atoms with Gasteiger partial charge in [0.1, 0.15) is 5.56 Å². The molecule has 2 aromatic rings. The Hall–Kier alpha value is -4.04. The molecule has 2 heterocycles. The number of ketones is 2. The fraction of sp³-hybridized carbons (Fsp3) is 0.412. The monoisotopic (exact) mass is 568 g/mol. The molecule has 4 aliphatic rings. The second kappa shape index (κ2) is 11.0. The van der Waals surface area contributed by atoms with Crippen molar-refractivity contribution >= 4 is 34.6 Å². The molecular weight excluding hydrogens is 530 g/mol. The van der Waals surface area contributed by atoms with E-state index in [0.29, 0.717) is 65.6 Å². The molecule has 0 amide bonds. The van der Waals surface area contributed by atoms with Gasteiger partial charge in [-0.05, 0) is 43.4 Å².